The third kappa shape index (κ3) is 5.55. The lowest BCUT2D eigenvalue weighted by molar-refractivity contribution is 0.305. The van der Waals surface area contributed by atoms with Crippen molar-refractivity contribution in [3.8, 4) is 5.75 Å². The molecule has 1 fully saturated rings. The van der Waals surface area contributed by atoms with E-state index in [1.54, 1.807) is 24.4 Å². The fraction of sp³-hybridized carbons (Fsp3) is 0.276. The number of hydrogen-bond donors (Lipinski definition) is 0. The second kappa shape index (κ2) is 11.0. The fourth-order valence-electron chi connectivity index (χ4n) is 4.74. The summed E-state index contributed by atoms with van der Waals surface area (Å²) in [6.45, 7) is 2.48. The Bertz CT molecular complexity index is 1490. The first kappa shape index (κ1) is 24.7. The highest BCUT2D eigenvalue weighted by Gasteiger charge is 2.22. The molecule has 0 N–H and O–H groups in total. The lowest BCUT2D eigenvalue weighted by atomic mass is 9.88. The van der Waals surface area contributed by atoms with E-state index < -0.39 is 0 Å². The summed E-state index contributed by atoms with van der Waals surface area (Å²) in [6.07, 6.45) is 7.14. The maximum atomic E-state index is 13.6. The highest BCUT2D eigenvalue weighted by atomic mass is 79.9. The predicted molar refractivity (Wildman–Crippen MR) is 149 cm³/mol. The van der Waals surface area contributed by atoms with Crippen LogP contribution in [0.2, 0.25) is 5.02 Å². The molecule has 36 heavy (non-hydrogen) atoms. The standard InChI is InChI=1S/C29H27BrClN3O2/c1-19-6-5-7-20(14-19)18-36-27-13-11-24(31)15-22(27)17-32-34-28(21-8-3-2-4-9-21)33-26-12-10-23(30)16-25(26)29(34)35/h5-7,10-17,21H,2-4,8-9,18H2,1H3. The third-order valence-corrected chi connectivity index (χ3v) is 7.29. The number of aromatic nitrogens is 2. The minimum atomic E-state index is -0.178. The van der Waals surface area contributed by atoms with Gasteiger partial charge >= 0.3 is 0 Å². The van der Waals surface area contributed by atoms with Gasteiger partial charge in [0.25, 0.3) is 5.56 Å². The van der Waals surface area contributed by atoms with E-state index in [2.05, 4.69) is 40.1 Å². The van der Waals surface area contributed by atoms with Crippen LogP contribution in [0.25, 0.3) is 10.9 Å². The number of hydrogen-bond acceptors (Lipinski definition) is 4. The zero-order valence-corrected chi connectivity index (χ0v) is 22.4. The molecule has 5 rings (SSSR count). The summed E-state index contributed by atoms with van der Waals surface area (Å²) in [5.74, 6) is 1.57. The van der Waals surface area contributed by atoms with Crippen LogP contribution in [0.15, 0.2) is 75.0 Å². The van der Waals surface area contributed by atoms with E-state index in [0.717, 1.165) is 41.5 Å². The Balaban J connectivity index is 1.54. The minimum Gasteiger partial charge on any atom is -0.488 e. The van der Waals surface area contributed by atoms with Crippen LogP contribution in [-0.4, -0.2) is 15.9 Å². The number of benzene rings is 3. The van der Waals surface area contributed by atoms with Crippen LogP contribution >= 0.6 is 27.5 Å². The lowest BCUT2D eigenvalue weighted by Gasteiger charge is -2.22. The molecule has 7 heteroatoms. The smallest absolute Gasteiger partial charge is 0.282 e. The molecule has 1 aromatic heterocycles. The number of fused-ring (bicyclic) bond motifs is 1. The number of nitrogens with zero attached hydrogens (tertiary/aromatic N) is 3. The molecule has 0 aliphatic heterocycles. The molecule has 1 saturated carbocycles. The number of aryl methyl sites for hydroxylation is 1. The Morgan fingerprint density at radius 2 is 1.94 bits per heavy atom. The molecule has 0 atom stereocenters. The summed E-state index contributed by atoms with van der Waals surface area (Å²) in [5, 5.41) is 5.76. The topological polar surface area (TPSA) is 56.5 Å². The maximum absolute atomic E-state index is 13.6. The van der Waals surface area contributed by atoms with Gasteiger partial charge in [-0.3, -0.25) is 4.79 Å². The van der Waals surface area contributed by atoms with Crippen molar-refractivity contribution in [2.24, 2.45) is 5.10 Å². The van der Waals surface area contributed by atoms with Gasteiger partial charge in [0.15, 0.2) is 0 Å². The van der Waals surface area contributed by atoms with Gasteiger partial charge in [0.1, 0.15) is 18.2 Å². The van der Waals surface area contributed by atoms with Gasteiger partial charge in [-0.25, -0.2) is 4.98 Å². The fourth-order valence-corrected chi connectivity index (χ4v) is 5.28. The molecule has 4 aromatic rings. The first-order chi connectivity index (χ1) is 17.5. The van der Waals surface area contributed by atoms with Crippen molar-refractivity contribution in [2.45, 2.75) is 51.6 Å². The zero-order valence-electron chi connectivity index (χ0n) is 20.1. The van der Waals surface area contributed by atoms with Gasteiger partial charge < -0.3 is 4.74 Å². The van der Waals surface area contributed by atoms with Crippen molar-refractivity contribution in [3.05, 3.63) is 103 Å². The first-order valence-corrected chi connectivity index (χ1v) is 13.4. The molecule has 1 aliphatic rings. The summed E-state index contributed by atoms with van der Waals surface area (Å²) < 4.78 is 8.42. The SMILES string of the molecule is Cc1cccc(COc2ccc(Cl)cc2C=Nn2c(C3CCCCC3)nc3ccc(Br)cc3c2=O)c1. The number of halogens is 2. The summed E-state index contributed by atoms with van der Waals surface area (Å²) >= 11 is 9.79. The van der Waals surface area contributed by atoms with E-state index in [4.69, 9.17) is 21.3 Å². The molecule has 1 aliphatic carbocycles. The molecular formula is C29H27BrClN3O2. The van der Waals surface area contributed by atoms with Gasteiger partial charge in [0.2, 0.25) is 0 Å². The van der Waals surface area contributed by atoms with E-state index in [0.29, 0.717) is 33.8 Å². The molecule has 0 saturated heterocycles. The molecule has 0 amide bonds. The predicted octanol–water partition coefficient (Wildman–Crippen LogP) is 7.63. The largest absolute Gasteiger partial charge is 0.488 e. The molecule has 1 heterocycles. The number of ether oxygens (including phenoxy) is 1. The van der Waals surface area contributed by atoms with E-state index in [1.807, 2.05) is 30.3 Å². The van der Waals surface area contributed by atoms with Gasteiger partial charge in [-0.2, -0.15) is 9.78 Å². The normalized spacial score (nSPS) is 14.5. The Morgan fingerprint density at radius 1 is 1.11 bits per heavy atom. The molecule has 5 nitrogen and oxygen atoms in total. The first-order valence-electron chi connectivity index (χ1n) is 12.2. The van der Waals surface area contributed by atoms with Crippen LogP contribution in [0.3, 0.4) is 0 Å². The van der Waals surface area contributed by atoms with Crippen molar-refractivity contribution in [1.29, 1.82) is 0 Å². The summed E-state index contributed by atoms with van der Waals surface area (Å²) in [4.78, 5) is 18.5. The highest BCUT2D eigenvalue weighted by molar-refractivity contribution is 9.10. The number of rotatable bonds is 6. The van der Waals surface area contributed by atoms with E-state index >= 15 is 0 Å². The minimum absolute atomic E-state index is 0.178. The van der Waals surface area contributed by atoms with E-state index in [1.165, 1.54) is 16.7 Å². The van der Waals surface area contributed by atoms with Crippen molar-refractivity contribution in [3.63, 3.8) is 0 Å². The molecular weight excluding hydrogens is 538 g/mol. The van der Waals surface area contributed by atoms with Crippen LogP contribution < -0.4 is 10.3 Å². The third-order valence-electron chi connectivity index (χ3n) is 6.56. The average Bonchev–Trinajstić information content (AvgIpc) is 2.88. The van der Waals surface area contributed by atoms with Crippen LogP contribution in [0.4, 0.5) is 0 Å². The molecule has 184 valence electrons. The zero-order chi connectivity index (χ0) is 25.1. The monoisotopic (exact) mass is 563 g/mol. The Labute approximate surface area is 223 Å². The second-order valence-electron chi connectivity index (χ2n) is 9.29. The van der Waals surface area contributed by atoms with Gasteiger partial charge in [-0.1, -0.05) is 76.6 Å². The van der Waals surface area contributed by atoms with Crippen LogP contribution in [-0.2, 0) is 6.61 Å². The molecule has 3 aromatic carbocycles. The molecule has 0 radical (unpaired) electrons. The van der Waals surface area contributed by atoms with Crippen molar-refractivity contribution < 1.29 is 4.74 Å². The summed E-state index contributed by atoms with van der Waals surface area (Å²) in [5.41, 5.74) is 3.47. The van der Waals surface area contributed by atoms with Crippen LogP contribution in [0.1, 0.15) is 60.5 Å². The van der Waals surface area contributed by atoms with Crippen molar-refractivity contribution in [1.82, 2.24) is 9.66 Å². The summed E-state index contributed by atoms with van der Waals surface area (Å²) in [7, 11) is 0. The second-order valence-corrected chi connectivity index (χ2v) is 10.6. The lowest BCUT2D eigenvalue weighted by Crippen LogP contribution is -2.25. The van der Waals surface area contributed by atoms with E-state index in [-0.39, 0.29) is 11.5 Å². The van der Waals surface area contributed by atoms with Crippen LogP contribution in [0.5, 0.6) is 5.75 Å². The molecule has 0 unspecified atom stereocenters. The van der Waals surface area contributed by atoms with Crippen molar-refractivity contribution >= 4 is 44.6 Å². The Morgan fingerprint density at radius 3 is 2.75 bits per heavy atom. The quantitative estimate of drug-likeness (QED) is 0.226. The van der Waals surface area contributed by atoms with Crippen LogP contribution in [0, 0.1) is 6.92 Å². The Hall–Kier alpha value is -2.96. The van der Waals surface area contributed by atoms with Crippen molar-refractivity contribution in [2.75, 3.05) is 0 Å². The maximum Gasteiger partial charge on any atom is 0.282 e. The average molecular weight is 565 g/mol. The van der Waals surface area contributed by atoms with Gasteiger partial charge in [-0.05, 0) is 61.7 Å². The van der Waals surface area contributed by atoms with E-state index in [9.17, 15) is 4.79 Å². The van der Waals surface area contributed by atoms with Gasteiger partial charge in [0, 0.05) is 21.0 Å². The Kier molecular flexibility index (Phi) is 7.54. The van der Waals surface area contributed by atoms with Gasteiger partial charge in [0.05, 0.1) is 17.1 Å². The highest BCUT2D eigenvalue weighted by Crippen LogP contribution is 2.32. The molecule has 0 spiro atoms. The summed E-state index contributed by atoms with van der Waals surface area (Å²) in [6, 6.07) is 19.2. The van der Waals surface area contributed by atoms with Gasteiger partial charge in [-0.15, -0.1) is 0 Å². The molecule has 0 bridgehead atoms.